The first-order valence-corrected chi connectivity index (χ1v) is 5.73. The van der Waals surface area contributed by atoms with Gasteiger partial charge in [0, 0.05) is 13.6 Å². The van der Waals surface area contributed by atoms with E-state index in [1.54, 1.807) is 11.9 Å². The summed E-state index contributed by atoms with van der Waals surface area (Å²) in [5.74, 6) is -0.821. The van der Waals surface area contributed by atoms with E-state index in [1.165, 1.54) is 12.3 Å². The molecule has 1 aromatic rings. The Labute approximate surface area is 106 Å². The molecule has 18 heavy (non-hydrogen) atoms. The Morgan fingerprint density at radius 2 is 2.28 bits per heavy atom. The summed E-state index contributed by atoms with van der Waals surface area (Å²) in [6.07, 6.45) is 1.62. The summed E-state index contributed by atoms with van der Waals surface area (Å²) in [4.78, 5) is 16.8. The molecular formula is C12H19N3O3. The minimum Gasteiger partial charge on any atom is -0.478 e. The van der Waals surface area contributed by atoms with Crippen molar-refractivity contribution in [1.82, 2.24) is 4.98 Å². The van der Waals surface area contributed by atoms with Gasteiger partial charge in [-0.2, -0.15) is 0 Å². The molecule has 0 spiro atoms. The van der Waals surface area contributed by atoms with E-state index in [1.807, 2.05) is 13.8 Å². The van der Waals surface area contributed by atoms with Crippen molar-refractivity contribution in [3.63, 3.8) is 0 Å². The molecule has 3 N–H and O–H groups in total. The molecule has 1 aromatic heterocycles. The van der Waals surface area contributed by atoms with Crippen molar-refractivity contribution in [1.29, 1.82) is 0 Å². The van der Waals surface area contributed by atoms with Gasteiger partial charge in [-0.1, -0.05) is 0 Å². The zero-order valence-corrected chi connectivity index (χ0v) is 10.9. The van der Waals surface area contributed by atoms with Crippen molar-refractivity contribution >= 4 is 17.5 Å². The van der Waals surface area contributed by atoms with Crippen molar-refractivity contribution in [3.8, 4) is 0 Å². The molecule has 0 atom stereocenters. The molecule has 0 unspecified atom stereocenters. The van der Waals surface area contributed by atoms with E-state index in [0.29, 0.717) is 18.8 Å². The van der Waals surface area contributed by atoms with Crippen molar-refractivity contribution in [2.24, 2.45) is 0 Å². The van der Waals surface area contributed by atoms with Crippen LogP contribution in [-0.2, 0) is 4.74 Å². The van der Waals surface area contributed by atoms with Crippen molar-refractivity contribution in [2.75, 3.05) is 30.8 Å². The normalized spacial score (nSPS) is 10.7. The summed E-state index contributed by atoms with van der Waals surface area (Å²) in [6.45, 7) is 5.02. The predicted octanol–water partition coefficient (Wildman–Crippen LogP) is 1.22. The largest absolute Gasteiger partial charge is 0.478 e. The van der Waals surface area contributed by atoms with E-state index in [9.17, 15) is 4.79 Å². The molecule has 0 saturated heterocycles. The van der Waals surface area contributed by atoms with Crippen LogP contribution in [0.2, 0.25) is 0 Å². The molecule has 0 aliphatic heterocycles. The van der Waals surface area contributed by atoms with Crippen LogP contribution in [0.3, 0.4) is 0 Å². The van der Waals surface area contributed by atoms with E-state index < -0.39 is 5.97 Å². The molecular weight excluding hydrogens is 234 g/mol. The summed E-state index contributed by atoms with van der Waals surface area (Å²) < 4.78 is 5.42. The van der Waals surface area contributed by atoms with Gasteiger partial charge in [-0.05, 0) is 19.9 Å². The number of aromatic nitrogens is 1. The summed E-state index contributed by atoms with van der Waals surface area (Å²) in [7, 11) is 1.79. The monoisotopic (exact) mass is 253 g/mol. The number of carbonyl (C=O) groups is 1. The van der Waals surface area contributed by atoms with Crippen LogP contribution >= 0.6 is 0 Å². The molecule has 0 aliphatic rings. The molecule has 0 saturated carbocycles. The number of anilines is 2. The molecule has 0 fully saturated rings. The van der Waals surface area contributed by atoms with E-state index in [-0.39, 0.29) is 17.5 Å². The van der Waals surface area contributed by atoms with Gasteiger partial charge in [0.05, 0.1) is 30.2 Å². The number of nitrogens with zero attached hydrogens (tertiary/aromatic N) is 2. The number of carboxylic acids is 1. The number of nitrogens with two attached hydrogens (primary N) is 1. The fourth-order valence-corrected chi connectivity index (χ4v) is 1.49. The van der Waals surface area contributed by atoms with Gasteiger partial charge in [0.25, 0.3) is 0 Å². The third kappa shape index (κ3) is 3.89. The maximum Gasteiger partial charge on any atom is 0.338 e. The minimum atomic E-state index is -1.02. The van der Waals surface area contributed by atoms with Gasteiger partial charge in [0.15, 0.2) is 0 Å². The average Bonchev–Trinajstić information content (AvgIpc) is 2.28. The maximum atomic E-state index is 11.1. The molecule has 0 amide bonds. The number of hydrogen-bond acceptors (Lipinski definition) is 5. The maximum absolute atomic E-state index is 11.1. The molecule has 0 aromatic carbocycles. The molecule has 0 aliphatic carbocycles. The Hall–Kier alpha value is -1.82. The fourth-order valence-electron chi connectivity index (χ4n) is 1.49. The van der Waals surface area contributed by atoms with Crippen molar-refractivity contribution < 1.29 is 14.6 Å². The van der Waals surface area contributed by atoms with Crippen LogP contribution in [0.5, 0.6) is 0 Å². The highest BCUT2D eigenvalue weighted by molar-refractivity contribution is 5.95. The van der Waals surface area contributed by atoms with Crippen molar-refractivity contribution in [3.05, 3.63) is 17.8 Å². The molecule has 100 valence electrons. The number of rotatable bonds is 6. The highest BCUT2D eigenvalue weighted by Crippen LogP contribution is 2.20. The highest BCUT2D eigenvalue weighted by Gasteiger charge is 2.14. The lowest BCUT2D eigenvalue weighted by atomic mass is 10.2. The van der Waals surface area contributed by atoms with E-state index >= 15 is 0 Å². The second kappa shape index (κ2) is 6.20. The number of ether oxygens (including phenoxy) is 1. The number of likely N-dealkylation sites (N-methyl/N-ethyl adjacent to an activating group) is 1. The Balaban J connectivity index is 2.78. The van der Waals surface area contributed by atoms with E-state index in [2.05, 4.69) is 4.98 Å². The standard InChI is InChI=1S/C12H19N3O3/c1-8(2)18-5-4-15(3)10-7-14-11(13)6-9(10)12(16)17/h6-8H,4-5H2,1-3H3,(H2,13,14)(H,16,17). The SMILES string of the molecule is CC(C)OCCN(C)c1cnc(N)cc1C(=O)O. The summed E-state index contributed by atoms with van der Waals surface area (Å²) in [5, 5.41) is 9.11. The summed E-state index contributed by atoms with van der Waals surface area (Å²) in [6, 6.07) is 1.36. The number of carboxylic acid groups (broad SMARTS) is 1. The fraction of sp³-hybridized carbons (Fsp3) is 0.500. The van der Waals surface area contributed by atoms with Crippen LogP contribution in [-0.4, -0.2) is 42.4 Å². The van der Waals surface area contributed by atoms with Crippen LogP contribution < -0.4 is 10.6 Å². The first kappa shape index (κ1) is 14.2. The number of pyridine rings is 1. The Bertz CT molecular complexity index is 421. The molecule has 1 heterocycles. The Kier molecular flexibility index (Phi) is 4.91. The van der Waals surface area contributed by atoms with E-state index in [0.717, 1.165) is 0 Å². The van der Waals surface area contributed by atoms with Gasteiger partial charge in [-0.15, -0.1) is 0 Å². The topological polar surface area (TPSA) is 88.7 Å². The lowest BCUT2D eigenvalue weighted by Gasteiger charge is -2.21. The lowest BCUT2D eigenvalue weighted by molar-refractivity contribution is 0.0696. The number of aromatic carboxylic acids is 1. The molecule has 6 heteroatoms. The van der Waals surface area contributed by atoms with Crippen LogP contribution in [0.4, 0.5) is 11.5 Å². The third-order valence-electron chi connectivity index (χ3n) is 2.42. The zero-order chi connectivity index (χ0) is 13.7. The van der Waals surface area contributed by atoms with Gasteiger partial charge in [0.2, 0.25) is 0 Å². The molecule has 1 rings (SSSR count). The lowest BCUT2D eigenvalue weighted by Crippen LogP contribution is -2.26. The van der Waals surface area contributed by atoms with Gasteiger partial charge < -0.3 is 20.5 Å². The van der Waals surface area contributed by atoms with Crippen LogP contribution in [0, 0.1) is 0 Å². The third-order valence-corrected chi connectivity index (χ3v) is 2.42. The van der Waals surface area contributed by atoms with Crippen LogP contribution in [0.25, 0.3) is 0 Å². The predicted molar refractivity (Wildman–Crippen MR) is 70.0 cm³/mol. The van der Waals surface area contributed by atoms with Crippen LogP contribution in [0.15, 0.2) is 12.3 Å². The van der Waals surface area contributed by atoms with Gasteiger partial charge in [-0.25, -0.2) is 9.78 Å². The smallest absolute Gasteiger partial charge is 0.338 e. The molecule has 0 radical (unpaired) electrons. The molecule has 6 nitrogen and oxygen atoms in total. The summed E-state index contributed by atoms with van der Waals surface area (Å²) >= 11 is 0. The summed E-state index contributed by atoms with van der Waals surface area (Å²) in [5.41, 5.74) is 6.17. The van der Waals surface area contributed by atoms with Gasteiger partial charge in [0.1, 0.15) is 5.82 Å². The first-order valence-electron chi connectivity index (χ1n) is 5.73. The first-order chi connectivity index (χ1) is 8.41. The number of hydrogen-bond donors (Lipinski definition) is 2. The molecule has 0 bridgehead atoms. The van der Waals surface area contributed by atoms with Crippen LogP contribution in [0.1, 0.15) is 24.2 Å². The second-order valence-electron chi connectivity index (χ2n) is 4.27. The highest BCUT2D eigenvalue weighted by atomic mass is 16.5. The minimum absolute atomic E-state index is 0.148. The number of nitrogen functional groups attached to an aromatic ring is 1. The van der Waals surface area contributed by atoms with Gasteiger partial charge >= 0.3 is 5.97 Å². The van der Waals surface area contributed by atoms with Crippen molar-refractivity contribution in [2.45, 2.75) is 20.0 Å². The Morgan fingerprint density at radius 3 is 2.83 bits per heavy atom. The van der Waals surface area contributed by atoms with Gasteiger partial charge in [-0.3, -0.25) is 0 Å². The second-order valence-corrected chi connectivity index (χ2v) is 4.27. The van der Waals surface area contributed by atoms with E-state index in [4.69, 9.17) is 15.6 Å². The quantitative estimate of drug-likeness (QED) is 0.792. The average molecular weight is 253 g/mol. The Morgan fingerprint density at radius 1 is 1.61 bits per heavy atom. The zero-order valence-electron chi connectivity index (χ0n) is 10.9.